The molecule has 1 aliphatic heterocycles. The van der Waals surface area contributed by atoms with Crippen molar-refractivity contribution in [2.24, 2.45) is 7.05 Å². The maximum absolute atomic E-state index is 12.4. The van der Waals surface area contributed by atoms with E-state index in [0.29, 0.717) is 6.42 Å². The Bertz CT molecular complexity index is 430. The van der Waals surface area contributed by atoms with Crippen molar-refractivity contribution in [2.45, 2.75) is 51.5 Å². The van der Waals surface area contributed by atoms with Gasteiger partial charge < -0.3 is 5.32 Å². The lowest BCUT2D eigenvalue weighted by Crippen LogP contribution is -2.52. The average molecular weight is 249 g/mol. The largest absolute Gasteiger partial charge is 0.305 e. The SMILES string of the molecule is CCc1cc(CC(=O)C2(C)CCCCN2)n(C)n1. The fourth-order valence-corrected chi connectivity index (χ4v) is 2.56. The van der Waals surface area contributed by atoms with Crippen LogP contribution in [-0.4, -0.2) is 27.6 Å². The van der Waals surface area contributed by atoms with Gasteiger partial charge >= 0.3 is 0 Å². The molecule has 100 valence electrons. The number of aromatic nitrogens is 2. The van der Waals surface area contributed by atoms with E-state index in [4.69, 9.17) is 0 Å². The summed E-state index contributed by atoms with van der Waals surface area (Å²) < 4.78 is 1.84. The summed E-state index contributed by atoms with van der Waals surface area (Å²) in [5.41, 5.74) is 1.74. The Morgan fingerprint density at radius 2 is 2.33 bits per heavy atom. The van der Waals surface area contributed by atoms with Crippen LogP contribution in [-0.2, 0) is 24.7 Å². The van der Waals surface area contributed by atoms with E-state index in [1.165, 1.54) is 6.42 Å². The molecule has 1 atom stereocenters. The van der Waals surface area contributed by atoms with Crippen molar-refractivity contribution >= 4 is 5.78 Å². The van der Waals surface area contributed by atoms with Gasteiger partial charge in [0.05, 0.1) is 17.7 Å². The lowest BCUT2D eigenvalue weighted by atomic mass is 9.85. The molecule has 0 aliphatic carbocycles. The zero-order valence-electron chi connectivity index (χ0n) is 11.6. The van der Waals surface area contributed by atoms with Crippen LogP contribution in [0.5, 0.6) is 0 Å². The quantitative estimate of drug-likeness (QED) is 0.882. The number of carbonyl (C=O) groups excluding carboxylic acids is 1. The standard InChI is InChI=1S/C14H23N3O/c1-4-11-9-12(17(3)16-11)10-13(18)14(2)7-5-6-8-15-14/h9,15H,4-8,10H2,1-3H3. The van der Waals surface area contributed by atoms with E-state index in [1.807, 2.05) is 24.7 Å². The molecule has 0 amide bonds. The molecule has 2 heterocycles. The van der Waals surface area contributed by atoms with Crippen LogP contribution >= 0.6 is 0 Å². The van der Waals surface area contributed by atoms with Crippen LogP contribution in [0.3, 0.4) is 0 Å². The van der Waals surface area contributed by atoms with Gasteiger partial charge in [-0.25, -0.2) is 0 Å². The van der Waals surface area contributed by atoms with E-state index in [9.17, 15) is 4.79 Å². The number of nitrogens with one attached hydrogen (secondary N) is 1. The molecule has 0 aromatic carbocycles. The fourth-order valence-electron chi connectivity index (χ4n) is 2.56. The first kappa shape index (κ1) is 13.3. The molecule has 0 spiro atoms. The number of piperidine rings is 1. The maximum Gasteiger partial charge on any atom is 0.158 e. The number of hydrogen-bond acceptors (Lipinski definition) is 3. The number of carbonyl (C=O) groups is 1. The Labute approximate surface area is 109 Å². The topological polar surface area (TPSA) is 46.9 Å². The summed E-state index contributed by atoms with van der Waals surface area (Å²) >= 11 is 0. The molecular formula is C14H23N3O. The molecule has 1 aromatic heterocycles. The summed E-state index contributed by atoms with van der Waals surface area (Å²) in [4.78, 5) is 12.4. The highest BCUT2D eigenvalue weighted by Gasteiger charge is 2.34. The second kappa shape index (κ2) is 5.22. The molecule has 0 radical (unpaired) electrons. The van der Waals surface area contributed by atoms with Crippen LogP contribution in [0.2, 0.25) is 0 Å². The van der Waals surface area contributed by atoms with Gasteiger partial charge in [0.15, 0.2) is 5.78 Å². The number of hydrogen-bond donors (Lipinski definition) is 1. The second-order valence-electron chi connectivity index (χ2n) is 5.42. The first-order valence-corrected chi connectivity index (χ1v) is 6.85. The van der Waals surface area contributed by atoms with Gasteiger partial charge in [0.2, 0.25) is 0 Å². The minimum Gasteiger partial charge on any atom is -0.305 e. The van der Waals surface area contributed by atoms with E-state index in [2.05, 4.69) is 17.3 Å². The van der Waals surface area contributed by atoms with E-state index in [-0.39, 0.29) is 11.3 Å². The van der Waals surface area contributed by atoms with Crippen molar-refractivity contribution < 1.29 is 4.79 Å². The minimum absolute atomic E-state index is 0.285. The Morgan fingerprint density at radius 1 is 1.56 bits per heavy atom. The molecule has 1 saturated heterocycles. The molecule has 4 nitrogen and oxygen atoms in total. The number of aryl methyl sites for hydroxylation is 2. The third-order valence-corrected chi connectivity index (χ3v) is 3.97. The van der Waals surface area contributed by atoms with Crippen molar-refractivity contribution in [2.75, 3.05) is 6.54 Å². The molecule has 1 unspecified atom stereocenters. The van der Waals surface area contributed by atoms with E-state index < -0.39 is 0 Å². The summed E-state index contributed by atoms with van der Waals surface area (Å²) in [6.07, 6.45) is 4.66. The molecule has 18 heavy (non-hydrogen) atoms. The third kappa shape index (κ3) is 2.64. The Balaban J connectivity index is 2.08. The molecule has 1 aliphatic rings. The molecule has 1 N–H and O–H groups in total. The predicted molar refractivity (Wildman–Crippen MR) is 71.6 cm³/mol. The third-order valence-electron chi connectivity index (χ3n) is 3.97. The maximum atomic E-state index is 12.4. The van der Waals surface area contributed by atoms with Gasteiger partial charge in [-0.3, -0.25) is 9.48 Å². The lowest BCUT2D eigenvalue weighted by Gasteiger charge is -2.33. The van der Waals surface area contributed by atoms with Gasteiger partial charge in [0, 0.05) is 12.7 Å². The number of rotatable bonds is 4. The summed E-state index contributed by atoms with van der Waals surface area (Å²) in [6.45, 7) is 5.07. The smallest absolute Gasteiger partial charge is 0.158 e. The van der Waals surface area contributed by atoms with Gasteiger partial charge in [-0.05, 0) is 45.2 Å². The second-order valence-corrected chi connectivity index (χ2v) is 5.42. The van der Waals surface area contributed by atoms with Gasteiger partial charge in [0.25, 0.3) is 0 Å². The number of nitrogens with zero attached hydrogens (tertiary/aromatic N) is 2. The predicted octanol–water partition coefficient (Wildman–Crippen LogP) is 1.63. The van der Waals surface area contributed by atoms with Gasteiger partial charge in [-0.2, -0.15) is 5.10 Å². The molecule has 1 fully saturated rings. The van der Waals surface area contributed by atoms with Crippen LogP contribution in [0.25, 0.3) is 0 Å². The molecule has 1 aromatic rings. The summed E-state index contributed by atoms with van der Waals surface area (Å²) in [5.74, 6) is 0.285. The summed E-state index contributed by atoms with van der Waals surface area (Å²) in [6, 6.07) is 2.05. The first-order chi connectivity index (χ1) is 8.55. The first-order valence-electron chi connectivity index (χ1n) is 6.85. The Hall–Kier alpha value is -1.16. The van der Waals surface area contributed by atoms with E-state index in [0.717, 1.165) is 37.2 Å². The summed E-state index contributed by atoms with van der Waals surface area (Å²) in [5, 5.41) is 7.77. The number of ketones is 1. The molecule has 2 rings (SSSR count). The van der Waals surface area contributed by atoms with Crippen molar-refractivity contribution in [1.82, 2.24) is 15.1 Å². The number of Topliss-reactive ketones (excluding diaryl/α,β-unsaturated/α-hetero) is 1. The highest BCUT2D eigenvalue weighted by molar-refractivity contribution is 5.89. The van der Waals surface area contributed by atoms with E-state index in [1.54, 1.807) is 0 Å². The van der Waals surface area contributed by atoms with Crippen molar-refractivity contribution in [1.29, 1.82) is 0 Å². The van der Waals surface area contributed by atoms with Crippen LogP contribution in [0, 0.1) is 0 Å². The van der Waals surface area contributed by atoms with Gasteiger partial charge in [-0.1, -0.05) is 6.92 Å². The highest BCUT2D eigenvalue weighted by atomic mass is 16.1. The van der Waals surface area contributed by atoms with Crippen molar-refractivity contribution in [3.8, 4) is 0 Å². The van der Waals surface area contributed by atoms with Crippen molar-refractivity contribution in [3.63, 3.8) is 0 Å². The normalized spacial score (nSPS) is 24.2. The zero-order chi connectivity index (χ0) is 13.2. The van der Waals surface area contributed by atoms with Crippen LogP contribution in [0.4, 0.5) is 0 Å². The van der Waals surface area contributed by atoms with Gasteiger partial charge in [-0.15, -0.1) is 0 Å². The fraction of sp³-hybridized carbons (Fsp3) is 0.714. The molecule has 0 bridgehead atoms. The van der Waals surface area contributed by atoms with Crippen molar-refractivity contribution in [3.05, 3.63) is 17.5 Å². The molecule has 4 heteroatoms. The van der Waals surface area contributed by atoms with Crippen LogP contribution in [0.1, 0.15) is 44.5 Å². The monoisotopic (exact) mass is 249 g/mol. The zero-order valence-corrected chi connectivity index (χ0v) is 11.6. The van der Waals surface area contributed by atoms with Crippen LogP contribution in [0.15, 0.2) is 6.07 Å². The molecular weight excluding hydrogens is 226 g/mol. The highest BCUT2D eigenvalue weighted by Crippen LogP contribution is 2.21. The summed E-state index contributed by atoms with van der Waals surface area (Å²) in [7, 11) is 1.92. The Morgan fingerprint density at radius 3 is 2.89 bits per heavy atom. The Kier molecular flexibility index (Phi) is 3.85. The van der Waals surface area contributed by atoms with Crippen LogP contribution < -0.4 is 5.32 Å². The molecule has 0 saturated carbocycles. The minimum atomic E-state index is -0.338. The lowest BCUT2D eigenvalue weighted by molar-refractivity contribution is -0.125. The van der Waals surface area contributed by atoms with Gasteiger partial charge in [0.1, 0.15) is 0 Å². The average Bonchev–Trinajstić information content (AvgIpc) is 2.71. The van der Waals surface area contributed by atoms with E-state index >= 15 is 0 Å².